The Morgan fingerprint density at radius 3 is 2.45 bits per heavy atom. The normalized spacial score (nSPS) is 11.7. The molecule has 0 radical (unpaired) electrons. The molecule has 0 saturated carbocycles. The van der Waals surface area contributed by atoms with Gasteiger partial charge in [0.1, 0.15) is 17.5 Å². The van der Waals surface area contributed by atoms with Gasteiger partial charge < -0.3 is 19.7 Å². The van der Waals surface area contributed by atoms with E-state index in [9.17, 15) is 9.59 Å². The molecule has 2 aromatic rings. The van der Waals surface area contributed by atoms with Gasteiger partial charge in [-0.2, -0.15) is 0 Å². The molecule has 0 aliphatic carbocycles. The lowest BCUT2D eigenvalue weighted by Crippen LogP contribution is -2.51. The van der Waals surface area contributed by atoms with E-state index >= 15 is 0 Å². The highest BCUT2D eigenvalue weighted by Crippen LogP contribution is 2.20. The average molecular weight is 427 g/mol. The first-order valence-corrected chi connectivity index (χ1v) is 10.7. The van der Waals surface area contributed by atoms with Gasteiger partial charge in [-0.25, -0.2) is 0 Å². The van der Waals surface area contributed by atoms with Gasteiger partial charge >= 0.3 is 0 Å². The van der Waals surface area contributed by atoms with Crippen LogP contribution in [0.5, 0.6) is 11.5 Å². The first kappa shape index (κ1) is 24.3. The molecule has 0 fully saturated rings. The maximum atomic E-state index is 13.2. The Kier molecular flexibility index (Phi) is 8.91. The highest BCUT2D eigenvalue weighted by Gasteiger charge is 2.29. The lowest BCUT2D eigenvalue weighted by atomic mass is 10.1. The fourth-order valence-electron chi connectivity index (χ4n) is 3.45. The maximum absolute atomic E-state index is 13.2. The molecule has 1 atom stereocenters. The second-order valence-electron chi connectivity index (χ2n) is 8.02. The van der Waals surface area contributed by atoms with Crippen LogP contribution in [0.3, 0.4) is 0 Å². The van der Waals surface area contributed by atoms with Crippen LogP contribution in [0, 0.1) is 13.8 Å². The first-order valence-electron chi connectivity index (χ1n) is 10.7. The highest BCUT2D eigenvalue weighted by molar-refractivity contribution is 5.88. The summed E-state index contributed by atoms with van der Waals surface area (Å²) in [4.78, 5) is 27.7. The topological polar surface area (TPSA) is 67.9 Å². The number of aryl methyl sites for hydroxylation is 2. The van der Waals surface area contributed by atoms with E-state index in [4.69, 9.17) is 9.47 Å². The number of carbonyl (C=O) groups excluding carboxylic acids is 2. The number of hydrogen-bond donors (Lipinski definition) is 1. The minimum atomic E-state index is -0.594. The van der Waals surface area contributed by atoms with Crippen molar-refractivity contribution in [3.05, 3.63) is 59.2 Å². The molecule has 2 rings (SSSR count). The molecule has 0 spiro atoms. The molecule has 6 nitrogen and oxygen atoms in total. The van der Waals surface area contributed by atoms with Gasteiger partial charge in [-0.15, -0.1) is 0 Å². The Labute approximate surface area is 185 Å². The molecule has 6 heteroatoms. The summed E-state index contributed by atoms with van der Waals surface area (Å²) >= 11 is 0. The van der Waals surface area contributed by atoms with Crippen molar-refractivity contribution >= 4 is 11.8 Å². The number of hydrogen-bond acceptors (Lipinski definition) is 4. The number of nitrogens with zero attached hydrogens (tertiary/aromatic N) is 1. The predicted molar refractivity (Wildman–Crippen MR) is 122 cm³/mol. The summed E-state index contributed by atoms with van der Waals surface area (Å²) < 4.78 is 11.1. The number of amides is 2. The molecule has 0 aromatic heterocycles. The van der Waals surface area contributed by atoms with Gasteiger partial charge in [-0.1, -0.05) is 36.8 Å². The Morgan fingerprint density at radius 1 is 1.10 bits per heavy atom. The molecule has 0 unspecified atom stereocenters. The van der Waals surface area contributed by atoms with Crippen LogP contribution in [0.1, 0.15) is 43.9 Å². The summed E-state index contributed by atoms with van der Waals surface area (Å²) in [6.45, 7) is 9.82. The SMILES string of the molecule is CC[C@@H](C(=O)NC(C)C)N(Cc1cccc(OC)c1)C(=O)COc1ccc(C)cc1C. The van der Waals surface area contributed by atoms with Gasteiger partial charge in [0, 0.05) is 12.6 Å². The zero-order chi connectivity index (χ0) is 23.0. The quantitative estimate of drug-likeness (QED) is 0.623. The Bertz CT molecular complexity index is 895. The number of methoxy groups -OCH3 is 1. The number of carbonyl (C=O) groups is 2. The van der Waals surface area contributed by atoms with E-state index in [0.717, 1.165) is 16.7 Å². The summed E-state index contributed by atoms with van der Waals surface area (Å²) in [6, 6.07) is 12.7. The van der Waals surface area contributed by atoms with Gasteiger partial charge in [-0.3, -0.25) is 9.59 Å². The van der Waals surface area contributed by atoms with Crippen molar-refractivity contribution in [1.82, 2.24) is 10.2 Å². The van der Waals surface area contributed by atoms with Crippen molar-refractivity contribution in [2.45, 2.75) is 59.7 Å². The number of nitrogens with one attached hydrogen (secondary N) is 1. The predicted octanol–water partition coefficient (Wildman–Crippen LogP) is 4.02. The zero-order valence-electron chi connectivity index (χ0n) is 19.4. The standard InChI is InChI=1S/C25H34N2O4/c1-7-22(25(29)26-17(2)3)27(15-20-9-8-10-21(14-20)30-6)24(28)16-31-23-12-11-18(4)13-19(23)5/h8-14,17,22H,7,15-16H2,1-6H3,(H,26,29)/t22-/m0/s1. The third kappa shape index (κ3) is 7.02. The van der Waals surface area contributed by atoms with E-state index in [1.165, 1.54) is 0 Å². The molecular weight excluding hydrogens is 392 g/mol. The van der Waals surface area contributed by atoms with Gasteiger partial charge in [0.25, 0.3) is 5.91 Å². The van der Waals surface area contributed by atoms with Crippen molar-refractivity contribution in [3.63, 3.8) is 0 Å². The van der Waals surface area contributed by atoms with E-state index in [2.05, 4.69) is 5.32 Å². The van der Waals surface area contributed by atoms with E-state index < -0.39 is 6.04 Å². The number of rotatable bonds is 10. The summed E-state index contributed by atoms with van der Waals surface area (Å²) in [5.74, 6) is 0.963. The molecule has 168 valence electrons. The van der Waals surface area contributed by atoms with Gasteiger partial charge in [0.15, 0.2) is 6.61 Å². The molecule has 31 heavy (non-hydrogen) atoms. The summed E-state index contributed by atoms with van der Waals surface area (Å²) in [5, 5.41) is 2.93. The lowest BCUT2D eigenvalue weighted by molar-refractivity contribution is -0.143. The number of ether oxygens (including phenoxy) is 2. The van der Waals surface area contributed by atoms with Crippen LogP contribution in [-0.4, -0.2) is 42.5 Å². The van der Waals surface area contributed by atoms with Crippen LogP contribution in [0.4, 0.5) is 0 Å². The van der Waals surface area contributed by atoms with Crippen molar-refractivity contribution < 1.29 is 19.1 Å². The van der Waals surface area contributed by atoms with Crippen molar-refractivity contribution in [2.24, 2.45) is 0 Å². The average Bonchev–Trinajstić information content (AvgIpc) is 2.72. The Hall–Kier alpha value is -3.02. The second kappa shape index (κ2) is 11.4. The van der Waals surface area contributed by atoms with Crippen molar-refractivity contribution in [3.8, 4) is 11.5 Å². The molecule has 0 aliphatic rings. The molecule has 2 amide bonds. The van der Waals surface area contributed by atoms with Crippen LogP contribution >= 0.6 is 0 Å². The molecule has 2 aromatic carbocycles. The van der Waals surface area contributed by atoms with Crippen LogP contribution in [0.25, 0.3) is 0 Å². The van der Waals surface area contributed by atoms with Crippen LogP contribution in [0.15, 0.2) is 42.5 Å². The maximum Gasteiger partial charge on any atom is 0.261 e. The monoisotopic (exact) mass is 426 g/mol. The van der Waals surface area contributed by atoms with E-state index in [1.54, 1.807) is 12.0 Å². The smallest absolute Gasteiger partial charge is 0.261 e. The minimum Gasteiger partial charge on any atom is -0.497 e. The highest BCUT2D eigenvalue weighted by atomic mass is 16.5. The number of benzene rings is 2. The fraction of sp³-hybridized carbons (Fsp3) is 0.440. The summed E-state index contributed by atoms with van der Waals surface area (Å²) in [7, 11) is 1.60. The van der Waals surface area contributed by atoms with E-state index in [-0.39, 0.29) is 31.0 Å². The molecule has 1 N–H and O–H groups in total. The summed E-state index contributed by atoms with van der Waals surface area (Å²) in [6.07, 6.45) is 0.498. The van der Waals surface area contributed by atoms with Crippen LogP contribution in [-0.2, 0) is 16.1 Å². The van der Waals surface area contributed by atoms with Gasteiger partial charge in [-0.05, 0) is 63.4 Å². The van der Waals surface area contributed by atoms with E-state index in [1.807, 2.05) is 77.1 Å². The van der Waals surface area contributed by atoms with Crippen LogP contribution < -0.4 is 14.8 Å². The van der Waals surface area contributed by atoms with Gasteiger partial charge in [0.2, 0.25) is 5.91 Å². The third-order valence-corrected chi connectivity index (χ3v) is 4.99. The lowest BCUT2D eigenvalue weighted by Gasteiger charge is -2.31. The molecular formula is C25H34N2O4. The minimum absolute atomic E-state index is 0.0122. The molecule has 0 heterocycles. The Balaban J connectivity index is 2.25. The zero-order valence-corrected chi connectivity index (χ0v) is 19.4. The second-order valence-corrected chi connectivity index (χ2v) is 8.02. The molecule has 0 aliphatic heterocycles. The van der Waals surface area contributed by atoms with Crippen molar-refractivity contribution in [1.29, 1.82) is 0 Å². The fourth-order valence-corrected chi connectivity index (χ4v) is 3.45. The molecule has 0 saturated heterocycles. The largest absolute Gasteiger partial charge is 0.497 e. The van der Waals surface area contributed by atoms with Crippen LogP contribution in [0.2, 0.25) is 0 Å². The first-order chi connectivity index (χ1) is 14.7. The third-order valence-electron chi connectivity index (χ3n) is 4.99. The van der Waals surface area contributed by atoms with Crippen molar-refractivity contribution in [2.75, 3.05) is 13.7 Å². The Morgan fingerprint density at radius 2 is 1.84 bits per heavy atom. The summed E-state index contributed by atoms with van der Waals surface area (Å²) in [5.41, 5.74) is 2.99. The van der Waals surface area contributed by atoms with Gasteiger partial charge in [0.05, 0.1) is 7.11 Å². The van der Waals surface area contributed by atoms with E-state index in [0.29, 0.717) is 17.9 Å². The molecule has 0 bridgehead atoms.